The number of hydrogen-bond acceptors (Lipinski definition) is 6. The van der Waals surface area contributed by atoms with E-state index in [1.807, 2.05) is 38.1 Å². The van der Waals surface area contributed by atoms with Gasteiger partial charge in [0.05, 0.1) is 17.4 Å². The lowest BCUT2D eigenvalue weighted by Gasteiger charge is -2.35. The average molecular weight is 449 g/mol. The summed E-state index contributed by atoms with van der Waals surface area (Å²) in [7, 11) is 0. The van der Waals surface area contributed by atoms with Gasteiger partial charge in [0.25, 0.3) is 5.91 Å². The Balaban J connectivity index is 1.61. The summed E-state index contributed by atoms with van der Waals surface area (Å²) in [5, 5.41) is 0.746. The van der Waals surface area contributed by atoms with Gasteiger partial charge in [-0.05, 0) is 61.8 Å². The monoisotopic (exact) mass is 448 g/mol. The molecule has 1 atom stereocenters. The molecule has 3 heterocycles. The molecule has 7 nitrogen and oxygen atoms in total. The summed E-state index contributed by atoms with van der Waals surface area (Å²) < 4.78 is 19.8. The molecule has 0 fully saturated rings. The Morgan fingerprint density at radius 1 is 1.09 bits per heavy atom. The molecule has 0 saturated heterocycles. The number of nitrogens with zero attached hydrogens (tertiary/aromatic N) is 5. The maximum absolute atomic E-state index is 13.3. The van der Waals surface area contributed by atoms with Gasteiger partial charge < -0.3 is 15.2 Å². The highest BCUT2D eigenvalue weighted by Crippen LogP contribution is 2.38. The molecule has 0 unspecified atom stereocenters. The Hall–Kier alpha value is -3.59. The van der Waals surface area contributed by atoms with E-state index in [4.69, 9.17) is 10.7 Å². The first kappa shape index (κ1) is 20.3. The van der Waals surface area contributed by atoms with Crippen molar-refractivity contribution in [3.8, 4) is 22.1 Å². The molecule has 0 spiro atoms. The predicted octanol–water partition coefficient (Wildman–Crippen LogP) is 4.32. The summed E-state index contributed by atoms with van der Waals surface area (Å²) in [6.07, 6.45) is 0. The van der Waals surface area contributed by atoms with Crippen LogP contribution in [0.4, 0.5) is 10.1 Å². The molecule has 1 aliphatic heterocycles. The molecule has 162 valence electrons. The number of hydrogen-bond donors (Lipinski definition) is 1. The largest absolute Gasteiger partial charge is 0.399 e. The molecule has 2 aromatic carbocycles. The molecule has 4 aromatic rings. The van der Waals surface area contributed by atoms with Crippen molar-refractivity contribution in [3.05, 3.63) is 71.4 Å². The standard InChI is InChI=1S/C23H21FN6OS/c1-13-20-19(15-5-9-18(25)10-6-15)27-21(22-26-14(2)28-32-22)30(20)12-11-29(13)23(31)16-3-7-17(24)8-4-16/h3-10,13H,11-12,25H2,1-2H3/t13-/m1/s1. The second kappa shape index (κ2) is 7.83. The molecular formula is C23H21FN6OS. The number of rotatable bonds is 3. The van der Waals surface area contributed by atoms with Crippen molar-refractivity contribution < 1.29 is 9.18 Å². The first-order valence-corrected chi connectivity index (χ1v) is 11.0. The first-order valence-electron chi connectivity index (χ1n) is 10.3. The van der Waals surface area contributed by atoms with Crippen molar-refractivity contribution in [1.82, 2.24) is 23.8 Å². The maximum Gasteiger partial charge on any atom is 0.254 e. The van der Waals surface area contributed by atoms with Gasteiger partial charge in [-0.3, -0.25) is 4.79 Å². The summed E-state index contributed by atoms with van der Waals surface area (Å²) >= 11 is 1.31. The van der Waals surface area contributed by atoms with E-state index < -0.39 is 0 Å². The van der Waals surface area contributed by atoms with E-state index in [1.54, 1.807) is 4.90 Å². The van der Waals surface area contributed by atoms with Gasteiger partial charge in [0.1, 0.15) is 11.6 Å². The molecule has 0 aliphatic carbocycles. The Morgan fingerprint density at radius 3 is 2.47 bits per heavy atom. The summed E-state index contributed by atoms with van der Waals surface area (Å²) in [5.74, 6) is 0.946. The van der Waals surface area contributed by atoms with E-state index in [1.165, 1.54) is 35.8 Å². The number of anilines is 1. The molecule has 2 aromatic heterocycles. The van der Waals surface area contributed by atoms with Crippen molar-refractivity contribution in [2.75, 3.05) is 12.3 Å². The van der Waals surface area contributed by atoms with Crippen LogP contribution in [0.5, 0.6) is 0 Å². The van der Waals surface area contributed by atoms with Gasteiger partial charge in [0.2, 0.25) is 0 Å². The van der Waals surface area contributed by atoms with Crippen LogP contribution in [-0.4, -0.2) is 36.3 Å². The highest BCUT2D eigenvalue weighted by Gasteiger charge is 2.34. The van der Waals surface area contributed by atoms with Crippen molar-refractivity contribution in [2.45, 2.75) is 26.4 Å². The third-order valence-electron chi connectivity index (χ3n) is 5.69. The van der Waals surface area contributed by atoms with E-state index in [0.29, 0.717) is 30.2 Å². The average Bonchev–Trinajstić information content (AvgIpc) is 3.39. The zero-order valence-corrected chi connectivity index (χ0v) is 18.4. The van der Waals surface area contributed by atoms with Crippen molar-refractivity contribution in [2.24, 2.45) is 0 Å². The van der Waals surface area contributed by atoms with E-state index in [0.717, 1.165) is 27.8 Å². The van der Waals surface area contributed by atoms with Crippen LogP contribution in [0.15, 0.2) is 48.5 Å². The van der Waals surface area contributed by atoms with Crippen LogP contribution in [-0.2, 0) is 6.54 Å². The number of aromatic nitrogens is 4. The molecule has 5 rings (SSSR count). The molecule has 0 radical (unpaired) electrons. The van der Waals surface area contributed by atoms with Crippen LogP contribution in [0, 0.1) is 12.7 Å². The maximum atomic E-state index is 13.3. The van der Waals surface area contributed by atoms with Crippen LogP contribution in [0.3, 0.4) is 0 Å². The zero-order valence-electron chi connectivity index (χ0n) is 17.6. The Labute approximate surface area is 188 Å². The highest BCUT2D eigenvalue weighted by molar-refractivity contribution is 7.09. The number of halogens is 1. The predicted molar refractivity (Wildman–Crippen MR) is 122 cm³/mol. The number of nitrogen functional groups attached to an aromatic ring is 1. The van der Waals surface area contributed by atoms with Crippen molar-refractivity contribution in [1.29, 1.82) is 0 Å². The lowest BCUT2D eigenvalue weighted by Crippen LogP contribution is -2.41. The highest BCUT2D eigenvalue weighted by atomic mass is 32.1. The van der Waals surface area contributed by atoms with E-state index in [2.05, 4.69) is 13.9 Å². The number of amides is 1. The second-order valence-corrected chi connectivity index (χ2v) is 8.52. The first-order chi connectivity index (χ1) is 15.4. The second-order valence-electron chi connectivity index (χ2n) is 7.77. The molecule has 0 bridgehead atoms. The molecule has 1 amide bonds. The normalized spacial score (nSPS) is 15.6. The number of aryl methyl sites for hydroxylation is 1. The number of fused-ring (bicyclic) bond motifs is 1. The van der Waals surface area contributed by atoms with Gasteiger partial charge in [-0.1, -0.05) is 12.1 Å². The van der Waals surface area contributed by atoms with Crippen LogP contribution < -0.4 is 5.73 Å². The minimum Gasteiger partial charge on any atom is -0.399 e. The number of benzene rings is 2. The summed E-state index contributed by atoms with van der Waals surface area (Å²) in [4.78, 5) is 24.5. The summed E-state index contributed by atoms with van der Waals surface area (Å²) in [6, 6.07) is 12.9. The van der Waals surface area contributed by atoms with Gasteiger partial charge in [0, 0.05) is 29.9 Å². The molecular weight excluding hydrogens is 427 g/mol. The van der Waals surface area contributed by atoms with Gasteiger partial charge in [0.15, 0.2) is 10.8 Å². The Morgan fingerprint density at radius 2 is 1.81 bits per heavy atom. The van der Waals surface area contributed by atoms with E-state index in [-0.39, 0.29) is 17.8 Å². The van der Waals surface area contributed by atoms with Crippen LogP contribution in [0.25, 0.3) is 22.1 Å². The van der Waals surface area contributed by atoms with E-state index in [9.17, 15) is 9.18 Å². The number of carbonyl (C=O) groups is 1. The smallest absolute Gasteiger partial charge is 0.254 e. The zero-order chi connectivity index (χ0) is 22.4. The SMILES string of the molecule is Cc1nsc(-c2nc(-c3ccc(N)cc3)c3n2CCN(C(=O)c2ccc(F)cc2)[C@@H]3C)n1. The van der Waals surface area contributed by atoms with Crippen LogP contribution in [0.1, 0.15) is 34.8 Å². The van der Waals surface area contributed by atoms with Gasteiger partial charge in [-0.2, -0.15) is 4.37 Å². The molecule has 0 saturated carbocycles. The van der Waals surface area contributed by atoms with Gasteiger partial charge in [-0.25, -0.2) is 14.4 Å². The Bertz CT molecular complexity index is 1300. The van der Waals surface area contributed by atoms with Gasteiger partial charge in [-0.15, -0.1) is 0 Å². The minimum atomic E-state index is -0.367. The molecule has 1 aliphatic rings. The molecule has 9 heteroatoms. The lowest BCUT2D eigenvalue weighted by molar-refractivity contribution is 0.0645. The molecule has 32 heavy (non-hydrogen) atoms. The summed E-state index contributed by atoms with van der Waals surface area (Å²) in [5.41, 5.74) is 9.65. The summed E-state index contributed by atoms with van der Waals surface area (Å²) in [6.45, 7) is 4.92. The van der Waals surface area contributed by atoms with Crippen LogP contribution in [0.2, 0.25) is 0 Å². The fourth-order valence-electron chi connectivity index (χ4n) is 4.10. The topological polar surface area (TPSA) is 89.9 Å². The Kier molecular flexibility index (Phi) is 4.97. The molecule has 2 N–H and O–H groups in total. The number of carbonyl (C=O) groups excluding carboxylic acids is 1. The third kappa shape index (κ3) is 3.44. The fourth-order valence-corrected chi connectivity index (χ4v) is 4.77. The van der Waals surface area contributed by atoms with Crippen LogP contribution >= 0.6 is 11.5 Å². The van der Waals surface area contributed by atoms with Crippen molar-refractivity contribution in [3.63, 3.8) is 0 Å². The van der Waals surface area contributed by atoms with Gasteiger partial charge >= 0.3 is 0 Å². The van der Waals surface area contributed by atoms with Crippen molar-refractivity contribution >= 4 is 23.1 Å². The lowest BCUT2D eigenvalue weighted by atomic mass is 10.0. The number of imidazole rings is 1. The fraction of sp³-hybridized carbons (Fsp3) is 0.217. The minimum absolute atomic E-state index is 0.137. The van der Waals surface area contributed by atoms with E-state index >= 15 is 0 Å². The third-order valence-corrected chi connectivity index (χ3v) is 6.49. The quantitative estimate of drug-likeness (QED) is 0.472. The number of nitrogens with two attached hydrogens (primary N) is 1.